The van der Waals surface area contributed by atoms with Crippen molar-refractivity contribution < 1.29 is 19.0 Å². The first-order chi connectivity index (χ1) is 9.79. The van der Waals surface area contributed by atoms with Crippen LogP contribution in [0.15, 0.2) is 30.5 Å². The minimum absolute atomic E-state index is 0.0213. The Morgan fingerprint density at radius 1 is 1.38 bits per heavy atom. The summed E-state index contributed by atoms with van der Waals surface area (Å²) in [5.74, 6) is -0.0582. The van der Waals surface area contributed by atoms with Crippen LogP contribution in [0.2, 0.25) is 0 Å². The van der Waals surface area contributed by atoms with Gasteiger partial charge in [-0.25, -0.2) is 14.3 Å². The molecule has 6 nitrogen and oxygen atoms in total. The van der Waals surface area contributed by atoms with Crippen molar-refractivity contribution in [3.63, 3.8) is 0 Å². The number of carbonyl (C=O) groups is 1. The van der Waals surface area contributed by atoms with Crippen LogP contribution in [-0.2, 0) is 0 Å². The molecule has 0 aliphatic carbocycles. The fourth-order valence-corrected chi connectivity index (χ4v) is 1.91. The third-order valence-corrected chi connectivity index (χ3v) is 2.73. The molecule has 0 aliphatic rings. The molecule has 0 fully saturated rings. The normalized spacial score (nSPS) is 11.2. The molecule has 1 heterocycles. The Hall–Kier alpha value is -2.57. The first kappa shape index (κ1) is 14.8. The summed E-state index contributed by atoms with van der Waals surface area (Å²) in [5, 5.41) is 15.6. The topological polar surface area (TPSA) is 78.5 Å². The zero-order valence-electron chi connectivity index (χ0n) is 11.9. The average molecular weight is 293 g/mol. The van der Waals surface area contributed by atoms with Gasteiger partial charge in [0.25, 0.3) is 0 Å². The summed E-state index contributed by atoms with van der Waals surface area (Å²) in [6.45, 7) is 5.07. The molecule has 0 aliphatic heterocycles. The molecule has 0 radical (unpaired) electrons. The van der Waals surface area contributed by atoms with E-state index in [9.17, 15) is 14.3 Å². The zero-order valence-corrected chi connectivity index (χ0v) is 11.9. The van der Waals surface area contributed by atoms with Gasteiger partial charge in [-0.05, 0) is 32.9 Å². The lowest BCUT2D eigenvalue weighted by molar-refractivity contribution is 0.195. The predicted octanol–water partition coefficient (Wildman–Crippen LogP) is 3.62. The maximum absolute atomic E-state index is 14.2. The minimum atomic E-state index is -1.22. The molecular weight excluding hydrogens is 277 g/mol. The Morgan fingerprint density at radius 3 is 2.57 bits per heavy atom. The standard InChI is InChI=1S/C14H16FN3O3/c1-14(2,3)18(13(19)20)11-5-4-9(8-10(11)15)21-12-6-7-16-17-12/h4-8H,1-3H3,(H,16,17)(H,19,20). The molecule has 0 spiro atoms. The third kappa shape index (κ3) is 3.31. The number of anilines is 1. The van der Waals surface area contributed by atoms with Crippen molar-refractivity contribution in [2.45, 2.75) is 26.3 Å². The van der Waals surface area contributed by atoms with Gasteiger partial charge in [-0.2, -0.15) is 5.10 Å². The Bertz CT molecular complexity index is 635. The number of carboxylic acid groups (broad SMARTS) is 1. The number of aromatic amines is 1. The van der Waals surface area contributed by atoms with Gasteiger partial charge in [0.2, 0.25) is 5.88 Å². The highest BCUT2D eigenvalue weighted by Gasteiger charge is 2.30. The molecule has 1 amide bonds. The second-order valence-electron chi connectivity index (χ2n) is 5.42. The van der Waals surface area contributed by atoms with Crippen LogP contribution in [0.5, 0.6) is 11.6 Å². The Kier molecular flexibility index (Phi) is 3.84. The van der Waals surface area contributed by atoms with Crippen LogP contribution in [0.25, 0.3) is 0 Å². The third-order valence-electron chi connectivity index (χ3n) is 2.73. The summed E-state index contributed by atoms with van der Waals surface area (Å²) in [6, 6.07) is 5.60. The van der Waals surface area contributed by atoms with Crippen molar-refractivity contribution in [3.05, 3.63) is 36.3 Å². The van der Waals surface area contributed by atoms with Crippen LogP contribution in [0.3, 0.4) is 0 Å². The first-order valence-electron chi connectivity index (χ1n) is 6.29. The molecule has 21 heavy (non-hydrogen) atoms. The average Bonchev–Trinajstić information content (AvgIpc) is 2.83. The zero-order chi connectivity index (χ0) is 15.6. The Balaban J connectivity index is 2.32. The number of hydrogen-bond acceptors (Lipinski definition) is 3. The second-order valence-corrected chi connectivity index (χ2v) is 5.42. The van der Waals surface area contributed by atoms with Crippen molar-refractivity contribution in [2.24, 2.45) is 0 Å². The number of halogens is 1. The highest BCUT2D eigenvalue weighted by atomic mass is 19.1. The van der Waals surface area contributed by atoms with Gasteiger partial charge in [-0.15, -0.1) is 0 Å². The van der Waals surface area contributed by atoms with Gasteiger partial charge in [0.1, 0.15) is 5.75 Å². The summed E-state index contributed by atoms with van der Waals surface area (Å²) in [6.07, 6.45) is 0.287. The number of rotatable bonds is 3. The van der Waals surface area contributed by atoms with E-state index in [1.807, 2.05) is 0 Å². The van der Waals surface area contributed by atoms with Crippen LogP contribution < -0.4 is 9.64 Å². The number of amides is 1. The maximum Gasteiger partial charge on any atom is 0.412 e. The monoisotopic (exact) mass is 293 g/mol. The maximum atomic E-state index is 14.2. The SMILES string of the molecule is CC(C)(C)N(C(=O)O)c1ccc(Oc2ccn[nH]2)cc1F. The van der Waals surface area contributed by atoms with E-state index in [-0.39, 0.29) is 11.4 Å². The van der Waals surface area contributed by atoms with Gasteiger partial charge in [-0.3, -0.25) is 4.90 Å². The van der Waals surface area contributed by atoms with Gasteiger partial charge in [-0.1, -0.05) is 0 Å². The summed E-state index contributed by atoms with van der Waals surface area (Å²) < 4.78 is 19.6. The van der Waals surface area contributed by atoms with Crippen LogP contribution in [0, 0.1) is 5.82 Å². The minimum Gasteiger partial charge on any atom is -0.465 e. The van der Waals surface area contributed by atoms with E-state index in [1.54, 1.807) is 26.8 Å². The van der Waals surface area contributed by atoms with Crippen molar-refractivity contribution in [1.29, 1.82) is 0 Å². The summed E-state index contributed by atoms with van der Waals surface area (Å²) >= 11 is 0. The Labute approximate surface area is 121 Å². The predicted molar refractivity (Wildman–Crippen MR) is 75.3 cm³/mol. The van der Waals surface area contributed by atoms with E-state index < -0.39 is 17.4 Å². The van der Waals surface area contributed by atoms with E-state index in [4.69, 9.17) is 4.74 Å². The number of H-pyrrole nitrogens is 1. The number of nitrogens with one attached hydrogen (secondary N) is 1. The van der Waals surface area contributed by atoms with E-state index >= 15 is 0 Å². The first-order valence-corrected chi connectivity index (χ1v) is 6.29. The lowest BCUT2D eigenvalue weighted by Gasteiger charge is -2.33. The van der Waals surface area contributed by atoms with Crippen molar-refractivity contribution in [1.82, 2.24) is 10.2 Å². The van der Waals surface area contributed by atoms with E-state index in [2.05, 4.69) is 10.2 Å². The number of aromatic nitrogens is 2. The van der Waals surface area contributed by atoms with Crippen molar-refractivity contribution in [2.75, 3.05) is 4.90 Å². The molecule has 0 saturated heterocycles. The van der Waals surface area contributed by atoms with Gasteiger partial charge < -0.3 is 9.84 Å². The largest absolute Gasteiger partial charge is 0.465 e. The van der Waals surface area contributed by atoms with Crippen molar-refractivity contribution in [3.8, 4) is 11.6 Å². The second kappa shape index (κ2) is 5.43. The summed E-state index contributed by atoms with van der Waals surface area (Å²) in [7, 11) is 0. The molecule has 2 aromatic rings. The highest BCUT2D eigenvalue weighted by molar-refractivity contribution is 5.87. The quantitative estimate of drug-likeness (QED) is 0.905. The number of benzene rings is 1. The summed E-state index contributed by atoms with van der Waals surface area (Å²) in [4.78, 5) is 12.3. The van der Waals surface area contributed by atoms with E-state index in [0.717, 1.165) is 11.0 Å². The number of nitrogens with zero attached hydrogens (tertiary/aromatic N) is 2. The molecule has 7 heteroatoms. The van der Waals surface area contributed by atoms with Gasteiger partial charge in [0.05, 0.1) is 11.9 Å². The lowest BCUT2D eigenvalue weighted by Crippen LogP contribution is -2.45. The Morgan fingerprint density at radius 2 is 2.10 bits per heavy atom. The smallest absolute Gasteiger partial charge is 0.412 e. The van der Waals surface area contributed by atoms with Gasteiger partial charge >= 0.3 is 6.09 Å². The van der Waals surface area contributed by atoms with E-state index in [1.165, 1.54) is 18.3 Å². The molecule has 0 unspecified atom stereocenters. The fourth-order valence-electron chi connectivity index (χ4n) is 1.91. The van der Waals surface area contributed by atoms with E-state index in [0.29, 0.717) is 5.88 Å². The molecule has 0 atom stereocenters. The molecule has 1 aromatic carbocycles. The van der Waals surface area contributed by atoms with Gasteiger partial charge in [0, 0.05) is 17.7 Å². The molecule has 1 aromatic heterocycles. The highest BCUT2D eigenvalue weighted by Crippen LogP contribution is 2.30. The number of hydrogen-bond donors (Lipinski definition) is 2. The van der Waals surface area contributed by atoms with Crippen LogP contribution in [-0.4, -0.2) is 26.9 Å². The fraction of sp³-hybridized carbons (Fsp3) is 0.286. The van der Waals surface area contributed by atoms with Crippen LogP contribution in [0.1, 0.15) is 20.8 Å². The van der Waals surface area contributed by atoms with Crippen molar-refractivity contribution >= 4 is 11.8 Å². The molecule has 0 bridgehead atoms. The molecule has 0 saturated carbocycles. The lowest BCUT2D eigenvalue weighted by atomic mass is 10.1. The van der Waals surface area contributed by atoms with Gasteiger partial charge in [0.15, 0.2) is 5.82 Å². The molecule has 112 valence electrons. The molecule has 2 N–H and O–H groups in total. The van der Waals surface area contributed by atoms with Crippen LogP contribution in [0.4, 0.5) is 14.9 Å². The molecular formula is C14H16FN3O3. The molecule has 2 rings (SSSR count). The van der Waals surface area contributed by atoms with Crippen LogP contribution >= 0.6 is 0 Å². The number of ether oxygens (including phenoxy) is 1. The summed E-state index contributed by atoms with van der Waals surface area (Å²) in [5.41, 5.74) is -0.787.